The zero-order chi connectivity index (χ0) is 14.5. The number of ether oxygens (including phenoxy) is 1. The fraction of sp³-hybridized carbons (Fsp3) is 0.200. The van der Waals surface area contributed by atoms with Crippen molar-refractivity contribution in [3.63, 3.8) is 0 Å². The van der Waals surface area contributed by atoms with Gasteiger partial charge in [0.05, 0.1) is 17.6 Å². The van der Waals surface area contributed by atoms with Gasteiger partial charge in [-0.3, -0.25) is 4.79 Å². The molecule has 0 fully saturated rings. The van der Waals surface area contributed by atoms with E-state index in [2.05, 4.69) is 0 Å². The van der Waals surface area contributed by atoms with Crippen molar-refractivity contribution in [3.05, 3.63) is 46.3 Å². The van der Waals surface area contributed by atoms with E-state index in [9.17, 15) is 14.7 Å². The fourth-order valence-electron chi connectivity index (χ4n) is 1.66. The standard InChI is InChI=1S/C15H14O5/c1-2-7-19-14(17)6-3-10-9-20-13-8-11(16)4-5-12(13)15(10)18/h3-6,8-9,16H,2,7H2,1H3/b6-3+. The van der Waals surface area contributed by atoms with E-state index < -0.39 is 5.97 Å². The average molecular weight is 274 g/mol. The Morgan fingerprint density at radius 1 is 1.45 bits per heavy atom. The summed E-state index contributed by atoms with van der Waals surface area (Å²) in [6.07, 6.45) is 4.53. The summed E-state index contributed by atoms with van der Waals surface area (Å²) in [6, 6.07) is 4.24. The monoisotopic (exact) mass is 274 g/mol. The third-order valence-corrected chi connectivity index (χ3v) is 2.63. The predicted molar refractivity (Wildman–Crippen MR) is 74.4 cm³/mol. The minimum absolute atomic E-state index is 0.0204. The molecule has 0 bridgehead atoms. The van der Waals surface area contributed by atoms with Crippen molar-refractivity contribution in [1.29, 1.82) is 0 Å². The molecule has 1 heterocycles. The summed E-state index contributed by atoms with van der Waals surface area (Å²) >= 11 is 0. The van der Waals surface area contributed by atoms with Crippen molar-refractivity contribution in [2.75, 3.05) is 6.61 Å². The second-order valence-electron chi connectivity index (χ2n) is 4.20. The quantitative estimate of drug-likeness (QED) is 0.684. The molecule has 0 amide bonds. The molecule has 1 aromatic heterocycles. The Hall–Kier alpha value is -2.56. The molecule has 0 unspecified atom stereocenters. The maximum atomic E-state index is 12.1. The molecule has 0 aliphatic rings. The summed E-state index contributed by atoms with van der Waals surface area (Å²) in [7, 11) is 0. The number of hydrogen-bond donors (Lipinski definition) is 1. The number of fused-ring (bicyclic) bond motifs is 1. The normalized spacial score (nSPS) is 11.1. The molecule has 20 heavy (non-hydrogen) atoms. The topological polar surface area (TPSA) is 76.7 Å². The van der Waals surface area contributed by atoms with Crippen LogP contribution in [0, 0.1) is 0 Å². The van der Waals surface area contributed by atoms with Crippen LogP contribution in [0.4, 0.5) is 0 Å². The van der Waals surface area contributed by atoms with Crippen molar-refractivity contribution in [2.24, 2.45) is 0 Å². The molecule has 2 aromatic rings. The van der Waals surface area contributed by atoms with Gasteiger partial charge < -0.3 is 14.3 Å². The third-order valence-electron chi connectivity index (χ3n) is 2.63. The minimum atomic E-state index is -0.503. The van der Waals surface area contributed by atoms with Gasteiger partial charge >= 0.3 is 5.97 Å². The van der Waals surface area contributed by atoms with Crippen LogP contribution >= 0.6 is 0 Å². The number of aromatic hydroxyl groups is 1. The van der Waals surface area contributed by atoms with Gasteiger partial charge in [0.2, 0.25) is 0 Å². The molecule has 2 rings (SSSR count). The van der Waals surface area contributed by atoms with Crippen LogP contribution in [0.25, 0.3) is 17.0 Å². The van der Waals surface area contributed by atoms with Crippen molar-refractivity contribution >= 4 is 23.0 Å². The van der Waals surface area contributed by atoms with Crippen LogP contribution in [0.5, 0.6) is 5.75 Å². The first kappa shape index (κ1) is 13.9. The molecule has 0 saturated heterocycles. The highest BCUT2D eigenvalue weighted by Gasteiger charge is 2.06. The number of phenolic OH excluding ortho intramolecular Hbond substituents is 1. The van der Waals surface area contributed by atoms with E-state index in [0.29, 0.717) is 17.6 Å². The van der Waals surface area contributed by atoms with Crippen molar-refractivity contribution in [3.8, 4) is 5.75 Å². The first-order valence-electron chi connectivity index (χ1n) is 6.21. The average Bonchev–Trinajstić information content (AvgIpc) is 2.44. The second-order valence-corrected chi connectivity index (χ2v) is 4.20. The number of hydrogen-bond acceptors (Lipinski definition) is 5. The minimum Gasteiger partial charge on any atom is -0.508 e. The van der Waals surface area contributed by atoms with Gasteiger partial charge in [-0.2, -0.15) is 0 Å². The number of phenols is 1. The van der Waals surface area contributed by atoms with E-state index in [4.69, 9.17) is 9.15 Å². The van der Waals surface area contributed by atoms with Gasteiger partial charge in [-0.15, -0.1) is 0 Å². The third kappa shape index (κ3) is 3.06. The van der Waals surface area contributed by atoms with E-state index in [1.165, 1.54) is 36.6 Å². The van der Waals surface area contributed by atoms with E-state index in [-0.39, 0.29) is 16.7 Å². The van der Waals surface area contributed by atoms with Crippen LogP contribution in [0.1, 0.15) is 18.9 Å². The summed E-state index contributed by atoms with van der Waals surface area (Å²) in [6.45, 7) is 2.24. The Kier molecular flexibility index (Phi) is 4.20. The molecule has 5 nitrogen and oxygen atoms in total. The zero-order valence-electron chi connectivity index (χ0n) is 11.0. The highest BCUT2D eigenvalue weighted by atomic mass is 16.5. The molecular formula is C15H14O5. The molecule has 104 valence electrons. The van der Waals surface area contributed by atoms with Crippen molar-refractivity contribution in [1.82, 2.24) is 0 Å². The van der Waals surface area contributed by atoms with E-state index in [0.717, 1.165) is 6.42 Å². The van der Waals surface area contributed by atoms with Crippen molar-refractivity contribution in [2.45, 2.75) is 13.3 Å². The van der Waals surface area contributed by atoms with Gasteiger partial charge in [0.1, 0.15) is 17.6 Å². The number of esters is 1. The molecule has 1 N–H and O–H groups in total. The van der Waals surface area contributed by atoms with E-state index in [1.54, 1.807) is 0 Å². The summed E-state index contributed by atoms with van der Waals surface area (Å²) < 4.78 is 10.1. The fourth-order valence-corrected chi connectivity index (χ4v) is 1.66. The molecule has 1 aromatic carbocycles. The maximum Gasteiger partial charge on any atom is 0.330 e. The Balaban J connectivity index is 2.30. The van der Waals surface area contributed by atoms with Gasteiger partial charge in [-0.1, -0.05) is 6.92 Å². The van der Waals surface area contributed by atoms with Crippen LogP contribution in [0.15, 0.2) is 39.7 Å². The van der Waals surface area contributed by atoms with Gasteiger partial charge in [-0.05, 0) is 24.6 Å². The van der Waals surface area contributed by atoms with E-state index in [1.807, 2.05) is 6.92 Å². The molecule has 0 spiro atoms. The maximum absolute atomic E-state index is 12.1. The SMILES string of the molecule is CCCOC(=O)/C=C/c1coc2cc(O)ccc2c1=O. The Morgan fingerprint density at radius 2 is 2.25 bits per heavy atom. The van der Waals surface area contributed by atoms with Crippen LogP contribution in [0.2, 0.25) is 0 Å². The molecule has 0 aliphatic carbocycles. The predicted octanol–water partition coefficient (Wildman–Crippen LogP) is 2.47. The second kappa shape index (κ2) is 6.06. The number of carbonyl (C=O) groups is 1. The highest BCUT2D eigenvalue weighted by Crippen LogP contribution is 2.18. The number of benzene rings is 1. The van der Waals surface area contributed by atoms with Crippen LogP contribution in [-0.4, -0.2) is 17.7 Å². The summed E-state index contributed by atoms with van der Waals surface area (Å²) in [5.74, 6) is -0.482. The lowest BCUT2D eigenvalue weighted by Crippen LogP contribution is -2.06. The summed E-state index contributed by atoms with van der Waals surface area (Å²) in [5, 5.41) is 9.65. The Morgan fingerprint density at radius 3 is 3.00 bits per heavy atom. The van der Waals surface area contributed by atoms with Crippen LogP contribution < -0.4 is 5.43 Å². The summed E-state index contributed by atoms with van der Waals surface area (Å²) in [4.78, 5) is 23.4. The smallest absolute Gasteiger partial charge is 0.330 e. The number of carbonyl (C=O) groups excluding carboxylic acids is 1. The molecule has 0 atom stereocenters. The van der Waals surface area contributed by atoms with Crippen molar-refractivity contribution < 1.29 is 19.1 Å². The van der Waals surface area contributed by atoms with Gasteiger partial charge in [-0.25, -0.2) is 4.79 Å². The lowest BCUT2D eigenvalue weighted by atomic mass is 10.1. The van der Waals surface area contributed by atoms with Gasteiger partial charge in [0, 0.05) is 12.1 Å². The largest absolute Gasteiger partial charge is 0.508 e. The lowest BCUT2D eigenvalue weighted by molar-refractivity contribution is -0.137. The molecule has 5 heteroatoms. The molecular weight excluding hydrogens is 260 g/mol. The summed E-state index contributed by atoms with van der Waals surface area (Å²) in [5.41, 5.74) is 0.267. The Labute approximate surface area is 115 Å². The van der Waals surface area contributed by atoms with Gasteiger partial charge in [0.15, 0.2) is 5.43 Å². The first-order chi connectivity index (χ1) is 9.61. The zero-order valence-corrected chi connectivity index (χ0v) is 11.0. The lowest BCUT2D eigenvalue weighted by Gasteiger charge is -2.00. The Bertz CT molecular complexity index is 712. The number of rotatable bonds is 4. The van der Waals surface area contributed by atoms with Gasteiger partial charge in [0.25, 0.3) is 0 Å². The van der Waals surface area contributed by atoms with Crippen LogP contribution in [-0.2, 0) is 9.53 Å². The first-order valence-corrected chi connectivity index (χ1v) is 6.21. The highest BCUT2D eigenvalue weighted by molar-refractivity contribution is 5.88. The molecule has 0 radical (unpaired) electrons. The van der Waals surface area contributed by atoms with E-state index >= 15 is 0 Å². The van der Waals surface area contributed by atoms with Crippen LogP contribution in [0.3, 0.4) is 0 Å². The molecule has 0 aliphatic heterocycles. The molecule has 0 saturated carbocycles.